The summed E-state index contributed by atoms with van der Waals surface area (Å²) >= 11 is 1.16. The Labute approximate surface area is 184 Å². The van der Waals surface area contributed by atoms with E-state index in [4.69, 9.17) is 0 Å². The molecule has 0 aliphatic carbocycles. The van der Waals surface area contributed by atoms with Crippen LogP contribution in [0.15, 0.2) is 54.6 Å². The van der Waals surface area contributed by atoms with E-state index in [0.717, 1.165) is 28.0 Å². The van der Waals surface area contributed by atoms with Gasteiger partial charge in [-0.25, -0.2) is 4.98 Å². The zero-order chi connectivity index (χ0) is 22.0. The van der Waals surface area contributed by atoms with Gasteiger partial charge in [0.05, 0.1) is 16.5 Å². The van der Waals surface area contributed by atoms with Gasteiger partial charge in [-0.3, -0.25) is 14.4 Å². The fraction of sp³-hybridized carbons (Fsp3) is 0.250. The number of aromatic nitrogens is 1. The first kappa shape index (κ1) is 20.9. The van der Waals surface area contributed by atoms with Crippen molar-refractivity contribution >= 4 is 34.1 Å². The van der Waals surface area contributed by atoms with Crippen LogP contribution in [0.1, 0.15) is 34.1 Å². The van der Waals surface area contributed by atoms with Gasteiger partial charge in [0.15, 0.2) is 10.9 Å². The monoisotopic (exact) mass is 433 g/mol. The molecule has 2 aromatic carbocycles. The minimum absolute atomic E-state index is 0.0331. The van der Waals surface area contributed by atoms with Gasteiger partial charge in [-0.2, -0.15) is 0 Å². The van der Waals surface area contributed by atoms with E-state index in [2.05, 4.69) is 10.3 Å². The molecule has 1 aliphatic heterocycles. The Balaban J connectivity index is 1.45. The second-order valence-electron chi connectivity index (χ2n) is 7.77. The van der Waals surface area contributed by atoms with Gasteiger partial charge in [0.25, 0.3) is 0 Å². The lowest BCUT2D eigenvalue weighted by Crippen LogP contribution is -2.28. The number of thiazole rings is 1. The number of carbonyl (C=O) groups is 3. The van der Waals surface area contributed by atoms with Crippen LogP contribution in [-0.4, -0.2) is 34.0 Å². The van der Waals surface area contributed by atoms with Crippen LogP contribution in [0, 0.1) is 12.8 Å². The fourth-order valence-corrected chi connectivity index (χ4v) is 4.51. The normalized spacial score (nSPS) is 15.9. The topological polar surface area (TPSA) is 79.4 Å². The summed E-state index contributed by atoms with van der Waals surface area (Å²) in [7, 11) is 0. The number of hydrogen-bond donors (Lipinski definition) is 1. The lowest BCUT2D eigenvalue weighted by atomic mass is 10.1. The van der Waals surface area contributed by atoms with Gasteiger partial charge in [-0.05, 0) is 12.5 Å². The summed E-state index contributed by atoms with van der Waals surface area (Å²) in [4.78, 5) is 44.1. The maximum atomic E-state index is 12.8. The van der Waals surface area contributed by atoms with Crippen molar-refractivity contribution in [3.8, 4) is 11.3 Å². The van der Waals surface area contributed by atoms with Crippen LogP contribution in [0.4, 0.5) is 5.13 Å². The summed E-state index contributed by atoms with van der Waals surface area (Å²) < 4.78 is 0. The first-order valence-corrected chi connectivity index (χ1v) is 10.9. The number of benzene rings is 2. The number of hydrogen-bond acceptors (Lipinski definition) is 5. The lowest BCUT2D eigenvalue weighted by molar-refractivity contribution is -0.128. The first-order chi connectivity index (χ1) is 14.9. The molecule has 1 unspecified atom stereocenters. The van der Waals surface area contributed by atoms with Gasteiger partial charge in [-0.1, -0.05) is 71.5 Å². The van der Waals surface area contributed by atoms with E-state index in [1.807, 2.05) is 61.5 Å². The van der Waals surface area contributed by atoms with Crippen LogP contribution in [0.5, 0.6) is 0 Å². The lowest BCUT2D eigenvalue weighted by Gasteiger charge is -2.16. The van der Waals surface area contributed by atoms with E-state index in [-0.39, 0.29) is 24.0 Å². The maximum Gasteiger partial charge on any atom is 0.231 e. The Morgan fingerprint density at radius 3 is 2.52 bits per heavy atom. The Hall–Kier alpha value is -3.32. The zero-order valence-electron chi connectivity index (χ0n) is 17.4. The molecule has 31 heavy (non-hydrogen) atoms. The second-order valence-corrected chi connectivity index (χ2v) is 8.77. The highest BCUT2D eigenvalue weighted by molar-refractivity contribution is 7.18. The van der Waals surface area contributed by atoms with Crippen molar-refractivity contribution in [3.05, 3.63) is 70.6 Å². The molecule has 7 heteroatoms. The van der Waals surface area contributed by atoms with Crippen molar-refractivity contribution < 1.29 is 14.4 Å². The zero-order valence-corrected chi connectivity index (χ0v) is 18.2. The van der Waals surface area contributed by atoms with Crippen LogP contribution < -0.4 is 5.32 Å². The molecule has 0 saturated carbocycles. The Morgan fingerprint density at radius 1 is 1.13 bits per heavy atom. The molecule has 3 aromatic rings. The summed E-state index contributed by atoms with van der Waals surface area (Å²) in [5, 5.41) is 3.19. The predicted molar refractivity (Wildman–Crippen MR) is 121 cm³/mol. The average Bonchev–Trinajstić information content (AvgIpc) is 3.34. The van der Waals surface area contributed by atoms with E-state index in [0.29, 0.717) is 28.8 Å². The summed E-state index contributed by atoms with van der Waals surface area (Å²) in [6.07, 6.45) is 0.175. The molecule has 1 aromatic heterocycles. The number of aryl methyl sites for hydroxylation is 1. The predicted octanol–water partition coefficient (Wildman–Crippen LogP) is 4.31. The molecular weight excluding hydrogens is 410 g/mol. The third-order valence-electron chi connectivity index (χ3n) is 5.30. The number of nitrogens with zero attached hydrogens (tertiary/aromatic N) is 2. The van der Waals surface area contributed by atoms with Crippen LogP contribution in [-0.2, 0) is 16.1 Å². The van der Waals surface area contributed by atoms with Crippen molar-refractivity contribution in [3.63, 3.8) is 0 Å². The highest BCUT2D eigenvalue weighted by atomic mass is 32.1. The van der Waals surface area contributed by atoms with Crippen molar-refractivity contribution in [2.45, 2.75) is 26.8 Å². The highest BCUT2D eigenvalue weighted by Gasteiger charge is 2.34. The van der Waals surface area contributed by atoms with Crippen molar-refractivity contribution in [2.75, 3.05) is 11.9 Å². The van der Waals surface area contributed by atoms with Gasteiger partial charge in [0.2, 0.25) is 11.8 Å². The third-order valence-corrected chi connectivity index (χ3v) is 6.38. The third kappa shape index (κ3) is 4.72. The first-order valence-electron chi connectivity index (χ1n) is 10.1. The summed E-state index contributed by atoms with van der Waals surface area (Å²) in [5.74, 6) is -0.822. The molecule has 1 aliphatic rings. The van der Waals surface area contributed by atoms with Gasteiger partial charge >= 0.3 is 0 Å². The van der Waals surface area contributed by atoms with E-state index in [1.54, 1.807) is 4.90 Å². The van der Waals surface area contributed by atoms with Crippen LogP contribution in [0.3, 0.4) is 0 Å². The van der Waals surface area contributed by atoms with E-state index in [9.17, 15) is 14.4 Å². The Kier molecular flexibility index (Phi) is 5.95. The molecule has 0 radical (unpaired) electrons. The molecular formula is C24H23N3O3S. The van der Waals surface area contributed by atoms with Gasteiger partial charge in [-0.15, -0.1) is 0 Å². The Morgan fingerprint density at radius 2 is 1.84 bits per heavy atom. The van der Waals surface area contributed by atoms with Crippen LogP contribution in [0.2, 0.25) is 0 Å². The second kappa shape index (κ2) is 8.81. The largest absolute Gasteiger partial charge is 0.338 e. The molecule has 0 bridgehead atoms. The number of carbonyl (C=O) groups excluding carboxylic acids is 3. The minimum Gasteiger partial charge on any atom is -0.338 e. The molecule has 1 fully saturated rings. The van der Waals surface area contributed by atoms with Crippen LogP contribution in [0.25, 0.3) is 11.3 Å². The number of rotatable bonds is 6. The van der Waals surface area contributed by atoms with E-state index < -0.39 is 5.92 Å². The number of nitrogens with one attached hydrogen (secondary N) is 1. The van der Waals surface area contributed by atoms with Crippen molar-refractivity contribution in [2.24, 2.45) is 5.92 Å². The molecule has 4 rings (SSSR count). The van der Waals surface area contributed by atoms with Crippen molar-refractivity contribution in [1.82, 2.24) is 9.88 Å². The van der Waals surface area contributed by atoms with E-state index >= 15 is 0 Å². The number of Topliss-reactive ketones (excluding diaryl/α,β-unsaturated/α-hetero) is 1. The Bertz CT molecular complexity index is 1120. The molecule has 1 atom stereocenters. The highest BCUT2D eigenvalue weighted by Crippen LogP contribution is 2.32. The number of ketones is 1. The summed E-state index contributed by atoms with van der Waals surface area (Å²) in [5.41, 5.74) is 3.59. The maximum absolute atomic E-state index is 12.8. The number of likely N-dealkylation sites (tertiary alicyclic amines) is 1. The molecule has 0 spiro atoms. The smallest absolute Gasteiger partial charge is 0.231 e. The SMILES string of the molecule is CC(=O)c1sc(NC(=O)C2CC(=O)N(Cc3ccc(C)cc3)C2)nc1-c1ccccc1. The quantitative estimate of drug-likeness (QED) is 0.588. The number of amides is 2. The molecule has 158 valence electrons. The molecule has 6 nitrogen and oxygen atoms in total. The average molecular weight is 434 g/mol. The molecule has 1 saturated heterocycles. The van der Waals surface area contributed by atoms with Gasteiger partial charge < -0.3 is 10.2 Å². The minimum atomic E-state index is -0.442. The fourth-order valence-electron chi connectivity index (χ4n) is 3.63. The van der Waals surface area contributed by atoms with Gasteiger partial charge in [0.1, 0.15) is 0 Å². The molecule has 2 heterocycles. The van der Waals surface area contributed by atoms with Crippen LogP contribution >= 0.6 is 11.3 Å². The molecule has 1 N–H and O–H groups in total. The van der Waals surface area contributed by atoms with Gasteiger partial charge in [0, 0.05) is 32.0 Å². The molecule has 2 amide bonds. The summed E-state index contributed by atoms with van der Waals surface area (Å²) in [6, 6.07) is 17.4. The number of anilines is 1. The standard InChI is InChI=1S/C24H23N3O3S/c1-15-8-10-17(11-9-15)13-27-14-19(12-20(27)29)23(30)26-24-25-21(22(31-24)16(2)28)18-6-4-3-5-7-18/h3-11,19H,12-14H2,1-2H3,(H,25,26,30). The van der Waals surface area contributed by atoms with Crippen molar-refractivity contribution in [1.29, 1.82) is 0 Å². The van der Waals surface area contributed by atoms with E-state index in [1.165, 1.54) is 6.92 Å². The summed E-state index contributed by atoms with van der Waals surface area (Å²) in [6.45, 7) is 4.37.